The Morgan fingerprint density at radius 1 is 1.50 bits per heavy atom. The predicted molar refractivity (Wildman–Crippen MR) is 59.1 cm³/mol. The van der Waals surface area contributed by atoms with Crippen LogP contribution in [0.25, 0.3) is 0 Å². The Morgan fingerprint density at radius 3 is 3.12 bits per heavy atom. The molecule has 1 aromatic rings. The van der Waals surface area contributed by atoms with Gasteiger partial charge in [-0.1, -0.05) is 6.07 Å². The fourth-order valence-electron chi connectivity index (χ4n) is 1.87. The van der Waals surface area contributed by atoms with E-state index in [4.69, 9.17) is 9.47 Å². The van der Waals surface area contributed by atoms with Crippen LogP contribution < -0.4 is 10.1 Å². The van der Waals surface area contributed by atoms with Crippen molar-refractivity contribution in [3.63, 3.8) is 0 Å². The van der Waals surface area contributed by atoms with Gasteiger partial charge >= 0.3 is 0 Å². The summed E-state index contributed by atoms with van der Waals surface area (Å²) in [6.07, 6.45) is 0.858. The van der Waals surface area contributed by atoms with Crippen LogP contribution in [0.15, 0.2) is 24.3 Å². The summed E-state index contributed by atoms with van der Waals surface area (Å²) in [7, 11) is 1.90. The van der Waals surface area contributed by atoms with Gasteiger partial charge in [-0.05, 0) is 25.6 Å². The molecule has 3 nitrogen and oxygen atoms in total. The molecule has 1 heterocycles. The molecule has 0 aromatic heterocycles. The molecule has 0 amide bonds. The summed E-state index contributed by atoms with van der Waals surface area (Å²) in [5.41, 5.74) is 0. The summed E-state index contributed by atoms with van der Waals surface area (Å²) in [6.45, 7) is 1.29. The van der Waals surface area contributed by atoms with Crippen LogP contribution in [0.2, 0.25) is 0 Å². The van der Waals surface area contributed by atoms with E-state index in [0.717, 1.165) is 13.0 Å². The molecule has 1 saturated heterocycles. The number of hydrogen-bond acceptors (Lipinski definition) is 3. The molecule has 0 spiro atoms. The minimum absolute atomic E-state index is 0.0550. The average Bonchev–Trinajstić information content (AvgIpc) is 2.30. The normalized spacial score (nSPS) is 25.4. The number of rotatable bonds is 3. The van der Waals surface area contributed by atoms with Gasteiger partial charge in [0.05, 0.1) is 6.61 Å². The van der Waals surface area contributed by atoms with Crippen LogP contribution in [0, 0.1) is 5.82 Å². The van der Waals surface area contributed by atoms with Crippen LogP contribution in [0.4, 0.5) is 4.39 Å². The van der Waals surface area contributed by atoms with Crippen molar-refractivity contribution in [3.8, 4) is 5.75 Å². The van der Waals surface area contributed by atoms with Crippen molar-refractivity contribution < 1.29 is 13.9 Å². The van der Waals surface area contributed by atoms with Gasteiger partial charge in [-0.25, -0.2) is 4.39 Å². The number of halogens is 1. The number of nitrogens with one attached hydrogen (secondary N) is 1. The largest absolute Gasteiger partial charge is 0.486 e. The third-order valence-electron chi connectivity index (χ3n) is 2.76. The zero-order valence-electron chi connectivity index (χ0n) is 9.28. The fraction of sp³-hybridized carbons (Fsp3) is 0.500. The SMILES string of the molecule is CNC1CCOCC1Oc1cccc(F)c1. The molecular formula is C12H16FNO2. The molecule has 2 rings (SSSR count). The van der Waals surface area contributed by atoms with Crippen molar-refractivity contribution in [2.24, 2.45) is 0 Å². The summed E-state index contributed by atoms with van der Waals surface area (Å²) in [6, 6.07) is 6.45. The summed E-state index contributed by atoms with van der Waals surface area (Å²) in [5, 5.41) is 3.19. The quantitative estimate of drug-likeness (QED) is 0.847. The second-order valence-corrected chi connectivity index (χ2v) is 3.87. The van der Waals surface area contributed by atoms with Crippen molar-refractivity contribution in [1.82, 2.24) is 5.32 Å². The highest BCUT2D eigenvalue weighted by Crippen LogP contribution is 2.18. The smallest absolute Gasteiger partial charge is 0.137 e. The zero-order valence-corrected chi connectivity index (χ0v) is 9.28. The van der Waals surface area contributed by atoms with Crippen LogP contribution in [-0.4, -0.2) is 32.4 Å². The Bertz CT molecular complexity index is 346. The van der Waals surface area contributed by atoms with Gasteiger partial charge in [0, 0.05) is 18.7 Å². The van der Waals surface area contributed by atoms with E-state index in [2.05, 4.69) is 5.32 Å². The Kier molecular flexibility index (Phi) is 3.74. The van der Waals surface area contributed by atoms with Gasteiger partial charge in [-0.15, -0.1) is 0 Å². The van der Waals surface area contributed by atoms with E-state index < -0.39 is 0 Å². The first-order valence-electron chi connectivity index (χ1n) is 5.47. The van der Waals surface area contributed by atoms with Gasteiger partial charge < -0.3 is 14.8 Å². The Labute approximate surface area is 94.6 Å². The molecule has 0 aliphatic carbocycles. The third kappa shape index (κ3) is 2.71. The first kappa shape index (κ1) is 11.4. The molecule has 1 N–H and O–H groups in total. The van der Waals surface area contributed by atoms with E-state index in [1.54, 1.807) is 12.1 Å². The summed E-state index contributed by atoms with van der Waals surface area (Å²) < 4.78 is 24.0. The van der Waals surface area contributed by atoms with Crippen LogP contribution >= 0.6 is 0 Å². The van der Waals surface area contributed by atoms with Crippen LogP contribution in [0.5, 0.6) is 5.75 Å². The maximum Gasteiger partial charge on any atom is 0.137 e. The van der Waals surface area contributed by atoms with Crippen LogP contribution in [0.1, 0.15) is 6.42 Å². The second kappa shape index (κ2) is 5.27. The Balaban J connectivity index is 2.02. The van der Waals surface area contributed by atoms with Crippen LogP contribution in [0.3, 0.4) is 0 Å². The highest BCUT2D eigenvalue weighted by atomic mass is 19.1. The van der Waals surface area contributed by atoms with E-state index in [-0.39, 0.29) is 18.0 Å². The summed E-state index contributed by atoms with van der Waals surface area (Å²) in [4.78, 5) is 0. The lowest BCUT2D eigenvalue weighted by Gasteiger charge is -2.31. The van der Waals surface area contributed by atoms with Gasteiger partial charge in [0.1, 0.15) is 17.7 Å². The maximum absolute atomic E-state index is 13.0. The zero-order chi connectivity index (χ0) is 11.4. The lowest BCUT2D eigenvalue weighted by atomic mass is 10.1. The van der Waals surface area contributed by atoms with Gasteiger partial charge in [-0.2, -0.15) is 0 Å². The lowest BCUT2D eigenvalue weighted by molar-refractivity contribution is -0.0130. The monoisotopic (exact) mass is 225 g/mol. The number of hydrogen-bond donors (Lipinski definition) is 1. The minimum Gasteiger partial charge on any atom is -0.486 e. The number of likely N-dealkylation sites (N-methyl/N-ethyl adjacent to an activating group) is 1. The molecular weight excluding hydrogens is 209 g/mol. The predicted octanol–water partition coefficient (Wildman–Crippen LogP) is 1.58. The molecule has 4 heteroatoms. The standard InChI is InChI=1S/C12H16FNO2/c1-14-11-5-6-15-8-12(11)16-10-4-2-3-9(13)7-10/h2-4,7,11-12,14H,5-6,8H2,1H3. The van der Waals surface area contributed by atoms with Gasteiger partial charge in [0.25, 0.3) is 0 Å². The third-order valence-corrected chi connectivity index (χ3v) is 2.76. The van der Waals surface area contributed by atoms with Crippen molar-refractivity contribution >= 4 is 0 Å². The highest BCUT2D eigenvalue weighted by molar-refractivity contribution is 5.23. The van der Waals surface area contributed by atoms with Gasteiger partial charge in [0.15, 0.2) is 0 Å². The Hall–Kier alpha value is -1.13. The van der Waals surface area contributed by atoms with Crippen molar-refractivity contribution in [2.45, 2.75) is 18.6 Å². The van der Waals surface area contributed by atoms with E-state index in [9.17, 15) is 4.39 Å². The minimum atomic E-state index is -0.282. The van der Waals surface area contributed by atoms with Crippen LogP contribution in [-0.2, 0) is 4.74 Å². The molecule has 1 aliphatic rings. The van der Waals surface area contributed by atoms with E-state index in [1.165, 1.54) is 12.1 Å². The molecule has 0 radical (unpaired) electrons. The average molecular weight is 225 g/mol. The highest BCUT2D eigenvalue weighted by Gasteiger charge is 2.26. The molecule has 16 heavy (non-hydrogen) atoms. The van der Waals surface area contributed by atoms with E-state index in [1.807, 2.05) is 7.05 Å². The van der Waals surface area contributed by atoms with Crippen molar-refractivity contribution in [2.75, 3.05) is 20.3 Å². The fourth-order valence-corrected chi connectivity index (χ4v) is 1.87. The first-order chi connectivity index (χ1) is 7.79. The number of benzene rings is 1. The summed E-state index contributed by atoms with van der Waals surface area (Å²) >= 11 is 0. The molecule has 0 saturated carbocycles. The van der Waals surface area contributed by atoms with E-state index in [0.29, 0.717) is 12.4 Å². The maximum atomic E-state index is 13.0. The molecule has 1 fully saturated rings. The molecule has 1 aliphatic heterocycles. The molecule has 88 valence electrons. The summed E-state index contributed by atoms with van der Waals surface area (Å²) in [5.74, 6) is 0.269. The van der Waals surface area contributed by atoms with Crippen molar-refractivity contribution in [1.29, 1.82) is 0 Å². The lowest BCUT2D eigenvalue weighted by Crippen LogP contribution is -2.48. The molecule has 1 aromatic carbocycles. The second-order valence-electron chi connectivity index (χ2n) is 3.87. The molecule has 0 bridgehead atoms. The van der Waals surface area contributed by atoms with E-state index >= 15 is 0 Å². The first-order valence-corrected chi connectivity index (χ1v) is 5.47. The van der Waals surface area contributed by atoms with Gasteiger partial charge in [-0.3, -0.25) is 0 Å². The number of ether oxygens (including phenoxy) is 2. The topological polar surface area (TPSA) is 30.5 Å². The molecule has 2 unspecified atom stereocenters. The van der Waals surface area contributed by atoms with Gasteiger partial charge in [0.2, 0.25) is 0 Å². The van der Waals surface area contributed by atoms with Crippen molar-refractivity contribution in [3.05, 3.63) is 30.1 Å². The molecule has 2 atom stereocenters. The Morgan fingerprint density at radius 2 is 2.38 bits per heavy atom.